The number of aryl methyl sites for hydroxylation is 1. The van der Waals surface area contributed by atoms with Crippen LogP contribution in [0.25, 0.3) is 0 Å². The van der Waals surface area contributed by atoms with Crippen LogP contribution in [-0.2, 0) is 14.6 Å². The first-order valence-electron chi connectivity index (χ1n) is 8.75. The molecule has 0 atom stereocenters. The fraction of sp³-hybridized carbons (Fsp3) is 0.0909. The highest BCUT2D eigenvalue weighted by Gasteiger charge is 2.21. The van der Waals surface area contributed by atoms with Gasteiger partial charge in [-0.05, 0) is 37.3 Å². The Bertz CT molecular complexity index is 1160. The quantitative estimate of drug-likeness (QED) is 0.595. The van der Waals surface area contributed by atoms with E-state index in [9.17, 15) is 18.0 Å². The monoisotopic (exact) mass is 427 g/mol. The summed E-state index contributed by atoms with van der Waals surface area (Å²) in [7, 11) is -3.81. The molecule has 0 saturated heterocycles. The van der Waals surface area contributed by atoms with Crippen molar-refractivity contribution in [1.29, 1.82) is 0 Å². The number of carbonyl (C=O) groups is 2. The zero-order chi connectivity index (χ0) is 21.0. The molecule has 0 aliphatic carbocycles. The molecule has 3 rings (SSSR count). The van der Waals surface area contributed by atoms with Crippen LogP contribution in [-0.4, -0.2) is 25.9 Å². The molecular weight excluding hydrogens is 410 g/mol. The van der Waals surface area contributed by atoms with Crippen LogP contribution in [0.3, 0.4) is 0 Å². The first-order valence-corrected chi connectivity index (χ1v) is 10.8. The molecule has 0 unspecified atom stereocenters. The molecule has 0 aliphatic rings. The van der Waals surface area contributed by atoms with E-state index in [2.05, 4.69) is 5.32 Å². The van der Waals surface area contributed by atoms with E-state index in [4.69, 9.17) is 11.6 Å². The Balaban J connectivity index is 1.84. The molecule has 3 aromatic rings. The molecule has 7 heteroatoms. The molecule has 0 aromatic heterocycles. The molecule has 5 nitrogen and oxygen atoms in total. The zero-order valence-electron chi connectivity index (χ0n) is 15.6. The van der Waals surface area contributed by atoms with Crippen LogP contribution >= 0.6 is 11.6 Å². The molecule has 29 heavy (non-hydrogen) atoms. The number of hydrogen-bond acceptors (Lipinski definition) is 4. The molecule has 148 valence electrons. The van der Waals surface area contributed by atoms with Crippen molar-refractivity contribution < 1.29 is 18.0 Å². The first-order chi connectivity index (χ1) is 13.8. The number of ketones is 1. The number of amides is 1. The summed E-state index contributed by atoms with van der Waals surface area (Å²) in [5.74, 6) is -1.81. The SMILES string of the molecule is Cc1ccc(S(=O)(=O)CC(=O)Nc2ccc(Cl)cc2C(=O)c2ccccc2)cc1. The van der Waals surface area contributed by atoms with Crippen molar-refractivity contribution in [2.45, 2.75) is 11.8 Å². The Morgan fingerprint density at radius 3 is 2.24 bits per heavy atom. The van der Waals surface area contributed by atoms with Crippen LogP contribution in [0.5, 0.6) is 0 Å². The van der Waals surface area contributed by atoms with Gasteiger partial charge in [0.1, 0.15) is 5.75 Å². The van der Waals surface area contributed by atoms with Crippen LogP contribution in [0.2, 0.25) is 5.02 Å². The predicted octanol–water partition coefficient (Wildman–Crippen LogP) is 4.29. The lowest BCUT2D eigenvalue weighted by Crippen LogP contribution is -2.24. The molecule has 1 amide bonds. The van der Waals surface area contributed by atoms with Crippen LogP contribution in [0.1, 0.15) is 21.5 Å². The Morgan fingerprint density at radius 1 is 0.931 bits per heavy atom. The Hall–Kier alpha value is -2.96. The summed E-state index contributed by atoms with van der Waals surface area (Å²) in [6, 6.07) is 19.2. The number of nitrogens with one attached hydrogen (secondary N) is 1. The standard InChI is InChI=1S/C22H18ClNO4S/c1-15-7-10-18(11-8-15)29(27,28)14-21(25)24-20-12-9-17(23)13-19(20)22(26)16-5-3-2-4-6-16/h2-13H,14H2,1H3,(H,24,25). The molecule has 3 aromatic carbocycles. The van der Waals surface area contributed by atoms with Gasteiger partial charge in [0.15, 0.2) is 15.6 Å². The minimum absolute atomic E-state index is 0.0648. The molecule has 0 aliphatic heterocycles. The van der Waals surface area contributed by atoms with Gasteiger partial charge in [0.25, 0.3) is 0 Å². The highest BCUT2D eigenvalue weighted by molar-refractivity contribution is 7.92. The second-order valence-corrected chi connectivity index (χ2v) is 8.93. The lowest BCUT2D eigenvalue weighted by Gasteiger charge is -2.12. The summed E-state index contributed by atoms with van der Waals surface area (Å²) in [6.07, 6.45) is 0. The lowest BCUT2D eigenvalue weighted by molar-refractivity contribution is -0.113. The van der Waals surface area contributed by atoms with E-state index in [1.807, 2.05) is 6.92 Å². The zero-order valence-corrected chi connectivity index (χ0v) is 17.1. The van der Waals surface area contributed by atoms with Crippen molar-refractivity contribution in [3.05, 3.63) is 94.5 Å². The molecule has 0 spiro atoms. The number of benzene rings is 3. The van der Waals surface area contributed by atoms with Crippen molar-refractivity contribution in [2.24, 2.45) is 0 Å². The summed E-state index contributed by atoms with van der Waals surface area (Å²) in [5.41, 5.74) is 1.73. The third kappa shape index (κ3) is 5.10. The van der Waals surface area contributed by atoms with E-state index in [0.29, 0.717) is 10.6 Å². The highest BCUT2D eigenvalue weighted by atomic mass is 35.5. The number of rotatable bonds is 6. The van der Waals surface area contributed by atoms with Gasteiger partial charge in [-0.15, -0.1) is 0 Å². The Kier molecular flexibility index (Phi) is 6.15. The lowest BCUT2D eigenvalue weighted by atomic mass is 10.0. The van der Waals surface area contributed by atoms with Gasteiger partial charge in [0.05, 0.1) is 10.6 Å². The highest BCUT2D eigenvalue weighted by Crippen LogP contribution is 2.24. The third-order valence-corrected chi connectivity index (χ3v) is 6.11. The predicted molar refractivity (Wildman–Crippen MR) is 113 cm³/mol. The van der Waals surface area contributed by atoms with Gasteiger partial charge in [-0.2, -0.15) is 0 Å². The molecule has 0 saturated carbocycles. The summed E-state index contributed by atoms with van der Waals surface area (Å²) >= 11 is 6.02. The largest absolute Gasteiger partial charge is 0.325 e. The average Bonchev–Trinajstić information content (AvgIpc) is 2.69. The molecule has 1 N–H and O–H groups in total. The second-order valence-electron chi connectivity index (χ2n) is 6.51. The smallest absolute Gasteiger partial charge is 0.239 e. The normalized spacial score (nSPS) is 11.1. The molecule has 0 bridgehead atoms. The number of hydrogen-bond donors (Lipinski definition) is 1. The minimum Gasteiger partial charge on any atom is -0.325 e. The molecule has 0 fully saturated rings. The summed E-state index contributed by atoms with van der Waals surface area (Å²) in [5, 5.41) is 2.86. The van der Waals surface area contributed by atoms with Gasteiger partial charge in [-0.3, -0.25) is 9.59 Å². The maximum atomic E-state index is 12.8. The number of halogens is 1. The van der Waals surface area contributed by atoms with E-state index < -0.39 is 21.5 Å². The molecule has 0 heterocycles. The van der Waals surface area contributed by atoms with Crippen LogP contribution < -0.4 is 5.32 Å². The van der Waals surface area contributed by atoms with E-state index in [-0.39, 0.29) is 21.9 Å². The fourth-order valence-electron chi connectivity index (χ4n) is 2.75. The van der Waals surface area contributed by atoms with E-state index in [1.165, 1.54) is 30.3 Å². The summed E-state index contributed by atoms with van der Waals surface area (Å²) < 4.78 is 25.0. The van der Waals surface area contributed by atoms with Gasteiger partial charge in [0, 0.05) is 16.1 Å². The second kappa shape index (κ2) is 8.59. The maximum Gasteiger partial charge on any atom is 0.239 e. The van der Waals surface area contributed by atoms with Crippen molar-refractivity contribution in [3.8, 4) is 0 Å². The van der Waals surface area contributed by atoms with E-state index in [1.54, 1.807) is 42.5 Å². The number of anilines is 1. The summed E-state index contributed by atoms with van der Waals surface area (Å²) in [4.78, 5) is 25.3. The fourth-order valence-corrected chi connectivity index (χ4v) is 4.05. The number of sulfone groups is 1. The summed E-state index contributed by atoms with van der Waals surface area (Å²) in [6.45, 7) is 1.84. The Morgan fingerprint density at radius 2 is 1.59 bits per heavy atom. The van der Waals surface area contributed by atoms with Gasteiger partial charge in [-0.25, -0.2) is 8.42 Å². The average molecular weight is 428 g/mol. The van der Waals surface area contributed by atoms with Gasteiger partial charge >= 0.3 is 0 Å². The van der Waals surface area contributed by atoms with Crippen LogP contribution in [0.15, 0.2) is 77.7 Å². The molecular formula is C22H18ClNO4S. The Labute approximate surface area is 174 Å². The van der Waals surface area contributed by atoms with Crippen molar-refractivity contribution in [3.63, 3.8) is 0 Å². The van der Waals surface area contributed by atoms with Crippen LogP contribution in [0.4, 0.5) is 5.69 Å². The van der Waals surface area contributed by atoms with E-state index in [0.717, 1.165) is 5.56 Å². The van der Waals surface area contributed by atoms with Crippen molar-refractivity contribution in [1.82, 2.24) is 0 Å². The van der Waals surface area contributed by atoms with Crippen molar-refractivity contribution >= 4 is 38.8 Å². The molecule has 0 radical (unpaired) electrons. The number of carbonyl (C=O) groups excluding carboxylic acids is 2. The minimum atomic E-state index is -3.81. The van der Waals surface area contributed by atoms with Crippen LogP contribution in [0, 0.1) is 6.92 Å². The van der Waals surface area contributed by atoms with E-state index >= 15 is 0 Å². The third-order valence-electron chi connectivity index (χ3n) is 4.24. The van der Waals surface area contributed by atoms with Gasteiger partial charge < -0.3 is 5.32 Å². The van der Waals surface area contributed by atoms with Gasteiger partial charge in [0.2, 0.25) is 5.91 Å². The maximum absolute atomic E-state index is 12.8. The first kappa shape index (κ1) is 20.8. The van der Waals surface area contributed by atoms with Crippen molar-refractivity contribution in [2.75, 3.05) is 11.1 Å². The topological polar surface area (TPSA) is 80.3 Å². The van der Waals surface area contributed by atoms with Gasteiger partial charge in [-0.1, -0.05) is 59.6 Å².